The standard InChI is InChI=1S/C15H27NO5/c1-11(10-17)9-15(12(18)19)5-7-16(8-6-15)13(20)21-14(2,3)4/h11,17H,5-10H2,1-4H3,(H,18,19). The molecule has 0 spiro atoms. The second-order valence-corrected chi connectivity index (χ2v) is 7.04. The molecule has 0 radical (unpaired) electrons. The lowest BCUT2D eigenvalue weighted by Crippen LogP contribution is -2.48. The first-order chi connectivity index (χ1) is 9.59. The molecule has 1 atom stereocenters. The molecule has 1 rings (SSSR count). The lowest BCUT2D eigenvalue weighted by molar-refractivity contribution is -0.153. The van der Waals surface area contributed by atoms with Crippen molar-refractivity contribution in [2.75, 3.05) is 19.7 Å². The highest BCUT2D eigenvalue weighted by molar-refractivity contribution is 5.75. The SMILES string of the molecule is CC(CO)CC1(C(=O)O)CCN(C(=O)OC(C)(C)C)CC1. The molecule has 0 aromatic carbocycles. The van der Waals surface area contributed by atoms with Crippen molar-refractivity contribution in [1.82, 2.24) is 4.90 Å². The van der Waals surface area contributed by atoms with E-state index in [-0.39, 0.29) is 12.5 Å². The van der Waals surface area contributed by atoms with Gasteiger partial charge in [0.25, 0.3) is 0 Å². The first-order valence-electron chi connectivity index (χ1n) is 7.42. The average Bonchev–Trinajstić information content (AvgIpc) is 2.37. The number of aliphatic hydroxyl groups is 1. The summed E-state index contributed by atoms with van der Waals surface area (Å²) >= 11 is 0. The van der Waals surface area contributed by atoms with Crippen LogP contribution in [-0.2, 0) is 9.53 Å². The fraction of sp³-hybridized carbons (Fsp3) is 0.867. The van der Waals surface area contributed by atoms with E-state index in [1.807, 2.05) is 6.92 Å². The van der Waals surface area contributed by atoms with Gasteiger partial charge in [0.2, 0.25) is 0 Å². The van der Waals surface area contributed by atoms with Crippen LogP contribution in [0.25, 0.3) is 0 Å². The van der Waals surface area contributed by atoms with Crippen LogP contribution in [0, 0.1) is 11.3 Å². The summed E-state index contributed by atoms with van der Waals surface area (Å²) in [5.74, 6) is -0.902. The van der Waals surface area contributed by atoms with Gasteiger partial charge in [-0.25, -0.2) is 4.79 Å². The van der Waals surface area contributed by atoms with Gasteiger partial charge in [-0.3, -0.25) is 4.79 Å². The van der Waals surface area contributed by atoms with E-state index < -0.39 is 23.1 Å². The molecule has 122 valence electrons. The Labute approximate surface area is 126 Å². The summed E-state index contributed by atoms with van der Waals surface area (Å²) in [6, 6.07) is 0. The predicted molar refractivity (Wildman–Crippen MR) is 78.0 cm³/mol. The topological polar surface area (TPSA) is 87.1 Å². The Kier molecular flexibility index (Phi) is 5.61. The van der Waals surface area contributed by atoms with E-state index in [2.05, 4.69) is 0 Å². The minimum absolute atomic E-state index is 0.0230. The number of ether oxygens (including phenoxy) is 1. The van der Waals surface area contributed by atoms with Gasteiger partial charge in [0, 0.05) is 19.7 Å². The van der Waals surface area contributed by atoms with Gasteiger partial charge in [-0.15, -0.1) is 0 Å². The van der Waals surface area contributed by atoms with Crippen LogP contribution >= 0.6 is 0 Å². The van der Waals surface area contributed by atoms with E-state index >= 15 is 0 Å². The molecule has 0 bridgehead atoms. The van der Waals surface area contributed by atoms with Gasteiger partial charge >= 0.3 is 12.1 Å². The molecule has 1 heterocycles. The highest BCUT2D eigenvalue weighted by Gasteiger charge is 2.43. The lowest BCUT2D eigenvalue weighted by Gasteiger charge is -2.40. The summed E-state index contributed by atoms with van der Waals surface area (Å²) in [5, 5.41) is 18.7. The number of aliphatic carboxylic acids is 1. The molecule has 6 nitrogen and oxygen atoms in total. The average molecular weight is 301 g/mol. The molecule has 21 heavy (non-hydrogen) atoms. The van der Waals surface area contributed by atoms with Crippen LogP contribution in [0.4, 0.5) is 4.79 Å². The number of rotatable bonds is 4. The van der Waals surface area contributed by atoms with Crippen LogP contribution in [-0.4, -0.2) is 52.5 Å². The fourth-order valence-corrected chi connectivity index (χ4v) is 2.68. The number of carboxylic acids is 1. The first-order valence-corrected chi connectivity index (χ1v) is 7.42. The fourth-order valence-electron chi connectivity index (χ4n) is 2.68. The van der Waals surface area contributed by atoms with E-state index in [9.17, 15) is 14.7 Å². The first kappa shape index (κ1) is 17.8. The van der Waals surface area contributed by atoms with Gasteiger partial charge in [0.15, 0.2) is 0 Å². The minimum Gasteiger partial charge on any atom is -0.481 e. The van der Waals surface area contributed by atoms with Crippen molar-refractivity contribution in [2.45, 2.75) is 52.6 Å². The molecule has 0 aromatic heterocycles. The summed E-state index contributed by atoms with van der Waals surface area (Å²) in [4.78, 5) is 25.2. The van der Waals surface area contributed by atoms with Crippen LogP contribution in [0.2, 0.25) is 0 Å². The number of carbonyl (C=O) groups excluding carboxylic acids is 1. The van der Waals surface area contributed by atoms with Crippen LogP contribution in [0.15, 0.2) is 0 Å². The minimum atomic E-state index is -0.847. The third kappa shape index (κ3) is 4.88. The van der Waals surface area contributed by atoms with E-state index in [0.717, 1.165) is 0 Å². The maximum atomic E-state index is 12.0. The summed E-state index contributed by atoms with van der Waals surface area (Å²) in [6.45, 7) is 7.98. The van der Waals surface area contributed by atoms with Crippen molar-refractivity contribution in [2.24, 2.45) is 11.3 Å². The maximum absolute atomic E-state index is 12.0. The van der Waals surface area contributed by atoms with Crippen molar-refractivity contribution in [3.8, 4) is 0 Å². The number of amides is 1. The Morgan fingerprint density at radius 1 is 1.29 bits per heavy atom. The number of nitrogens with zero attached hydrogens (tertiary/aromatic N) is 1. The monoisotopic (exact) mass is 301 g/mol. The van der Waals surface area contributed by atoms with Gasteiger partial charge < -0.3 is 19.8 Å². The van der Waals surface area contributed by atoms with Gasteiger partial charge in [-0.1, -0.05) is 6.92 Å². The Bertz CT molecular complexity index is 380. The number of aliphatic hydroxyl groups excluding tert-OH is 1. The van der Waals surface area contributed by atoms with Gasteiger partial charge in [-0.2, -0.15) is 0 Å². The van der Waals surface area contributed by atoms with E-state index in [0.29, 0.717) is 32.4 Å². The van der Waals surface area contributed by atoms with Crippen LogP contribution in [0.5, 0.6) is 0 Å². The number of piperidine rings is 1. The lowest BCUT2D eigenvalue weighted by atomic mass is 9.72. The van der Waals surface area contributed by atoms with Gasteiger partial charge in [0.1, 0.15) is 5.60 Å². The molecule has 2 N–H and O–H groups in total. The van der Waals surface area contributed by atoms with Crippen molar-refractivity contribution in [3.05, 3.63) is 0 Å². The molecule has 1 unspecified atom stereocenters. The van der Waals surface area contributed by atoms with Crippen molar-refractivity contribution in [1.29, 1.82) is 0 Å². The summed E-state index contributed by atoms with van der Waals surface area (Å²) in [5.41, 5.74) is -1.40. The van der Waals surface area contributed by atoms with Crippen molar-refractivity contribution < 1.29 is 24.5 Å². The number of carboxylic acid groups (broad SMARTS) is 1. The molecular weight excluding hydrogens is 274 g/mol. The van der Waals surface area contributed by atoms with Crippen molar-refractivity contribution in [3.63, 3.8) is 0 Å². The summed E-state index contributed by atoms with van der Waals surface area (Å²) < 4.78 is 5.31. The normalized spacial score (nSPS) is 20.0. The Morgan fingerprint density at radius 2 is 1.81 bits per heavy atom. The van der Waals surface area contributed by atoms with Gasteiger partial charge in [-0.05, 0) is 46.0 Å². The third-order valence-electron chi connectivity index (χ3n) is 3.88. The Morgan fingerprint density at radius 3 is 2.19 bits per heavy atom. The van der Waals surface area contributed by atoms with Gasteiger partial charge in [0.05, 0.1) is 5.41 Å². The molecule has 1 amide bonds. The largest absolute Gasteiger partial charge is 0.481 e. The molecule has 6 heteroatoms. The molecular formula is C15H27NO5. The van der Waals surface area contributed by atoms with E-state index in [4.69, 9.17) is 9.84 Å². The molecule has 1 aliphatic heterocycles. The highest BCUT2D eigenvalue weighted by atomic mass is 16.6. The van der Waals surface area contributed by atoms with E-state index in [1.54, 1.807) is 25.7 Å². The zero-order valence-electron chi connectivity index (χ0n) is 13.4. The third-order valence-corrected chi connectivity index (χ3v) is 3.88. The van der Waals surface area contributed by atoms with E-state index in [1.165, 1.54) is 0 Å². The summed E-state index contributed by atoms with van der Waals surface area (Å²) in [6.07, 6.45) is 0.829. The zero-order valence-corrected chi connectivity index (χ0v) is 13.4. The number of carbonyl (C=O) groups is 2. The molecule has 0 aliphatic carbocycles. The van der Waals surface area contributed by atoms with Crippen molar-refractivity contribution >= 4 is 12.1 Å². The van der Waals surface area contributed by atoms with Crippen LogP contribution in [0.3, 0.4) is 0 Å². The molecule has 0 aromatic rings. The molecule has 1 saturated heterocycles. The summed E-state index contributed by atoms with van der Waals surface area (Å²) in [7, 11) is 0. The van der Waals surface area contributed by atoms with Crippen LogP contribution < -0.4 is 0 Å². The number of likely N-dealkylation sites (tertiary alicyclic amines) is 1. The Hall–Kier alpha value is -1.30. The highest BCUT2D eigenvalue weighted by Crippen LogP contribution is 2.38. The number of hydrogen-bond donors (Lipinski definition) is 2. The predicted octanol–water partition coefficient (Wildman–Crippen LogP) is 2.11. The van der Waals surface area contributed by atoms with Crippen LogP contribution in [0.1, 0.15) is 47.0 Å². The Balaban J connectivity index is 2.67. The second kappa shape index (κ2) is 6.64. The molecule has 1 aliphatic rings. The second-order valence-electron chi connectivity index (χ2n) is 7.04. The zero-order chi connectivity index (χ0) is 16.3. The maximum Gasteiger partial charge on any atom is 0.410 e. The molecule has 1 fully saturated rings. The smallest absolute Gasteiger partial charge is 0.410 e. The quantitative estimate of drug-likeness (QED) is 0.830. The molecule has 0 saturated carbocycles. The number of hydrogen-bond acceptors (Lipinski definition) is 4.